The SMILES string of the molecule is CC(=O)/C=C(/C)O.Cc1[c-]c(-c2ncc(C)c3ccccc23)c(C)c(C)c1.[Ir]. The number of aromatic nitrogens is 1. The van der Waals surface area contributed by atoms with E-state index in [9.17, 15) is 4.79 Å². The number of pyridine rings is 1. The Morgan fingerprint density at radius 3 is 2.18 bits per heavy atom. The Hall–Kier alpha value is -2.29. The average molecular weight is 553 g/mol. The molecule has 0 aliphatic heterocycles. The molecule has 1 heterocycles. The maximum atomic E-state index is 10.0. The quantitative estimate of drug-likeness (QED) is 0.242. The number of rotatable bonds is 2. The molecular formula is C24H26IrNO2-. The first-order chi connectivity index (χ1) is 12.7. The molecule has 0 saturated heterocycles. The summed E-state index contributed by atoms with van der Waals surface area (Å²) in [6, 6.07) is 14.1. The Balaban J connectivity index is 0.000000425. The summed E-state index contributed by atoms with van der Waals surface area (Å²) in [6.07, 6.45) is 3.13. The van der Waals surface area contributed by atoms with Gasteiger partial charge in [-0.25, -0.2) is 0 Å². The van der Waals surface area contributed by atoms with E-state index in [1.165, 1.54) is 47.4 Å². The van der Waals surface area contributed by atoms with E-state index < -0.39 is 0 Å². The summed E-state index contributed by atoms with van der Waals surface area (Å²) in [4.78, 5) is 14.7. The van der Waals surface area contributed by atoms with Gasteiger partial charge in [0.05, 0.1) is 5.76 Å². The summed E-state index contributed by atoms with van der Waals surface area (Å²) in [5.41, 5.74) is 7.09. The number of allylic oxidation sites excluding steroid dienone is 2. The normalized spacial score (nSPS) is 10.7. The number of nitrogens with zero attached hydrogens (tertiary/aromatic N) is 1. The summed E-state index contributed by atoms with van der Waals surface area (Å²) in [7, 11) is 0. The van der Waals surface area contributed by atoms with Crippen molar-refractivity contribution in [3.8, 4) is 11.3 Å². The molecule has 1 aromatic heterocycles. The van der Waals surface area contributed by atoms with Gasteiger partial charge in [0, 0.05) is 32.4 Å². The Bertz CT molecular complexity index is 1020. The monoisotopic (exact) mass is 553 g/mol. The van der Waals surface area contributed by atoms with E-state index in [4.69, 9.17) is 5.11 Å². The van der Waals surface area contributed by atoms with Gasteiger partial charge in [-0.2, -0.15) is 0 Å². The molecule has 4 heteroatoms. The van der Waals surface area contributed by atoms with Gasteiger partial charge in [-0.1, -0.05) is 45.0 Å². The first kappa shape index (κ1) is 23.7. The van der Waals surface area contributed by atoms with Gasteiger partial charge in [0.1, 0.15) is 0 Å². The second-order valence-corrected chi connectivity index (χ2v) is 6.87. The number of benzene rings is 2. The van der Waals surface area contributed by atoms with Gasteiger partial charge in [-0.05, 0) is 42.8 Å². The smallest absolute Gasteiger partial charge is 0.155 e. The predicted octanol–water partition coefficient (Wildman–Crippen LogP) is 5.97. The fourth-order valence-corrected chi connectivity index (χ4v) is 3.02. The third-order valence-corrected chi connectivity index (χ3v) is 4.36. The van der Waals surface area contributed by atoms with E-state index in [0.29, 0.717) is 0 Å². The van der Waals surface area contributed by atoms with Crippen LogP contribution in [-0.4, -0.2) is 15.9 Å². The van der Waals surface area contributed by atoms with Crippen molar-refractivity contribution in [2.24, 2.45) is 0 Å². The second-order valence-electron chi connectivity index (χ2n) is 6.87. The van der Waals surface area contributed by atoms with E-state index >= 15 is 0 Å². The first-order valence-corrected chi connectivity index (χ1v) is 8.93. The van der Waals surface area contributed by atoms with Crippen LogP contribution in [0.4, 0.5) is 0 Å². The third kappa shape index (κ3) is 5.85. The van der Waals surface area contributed by atoms with Gasteiger partial charge in [0.25, 0.3) is 0 Å². The summed E-state index contributed by atoms with van der Waals surface area (Å²) < 4.78 is 0. The molecule has 0 aliphatic rings. The number of aliphatic hydroxyl groups excluding tert-OH is 1. The summed E-state index contributed by atoms with van der Waals surface area (Å²) in [5.74, 6) is -0.0625. The second kappa shape index (κ2) is 10.3. The molecule has 3 nitrogen and oxygen atoms in total. The molecule has 0 bridgehead atoms. The summed E-state index contributed by atoms with van der Waals surface area (Å²) in [6.45, 7) is 11.3. The molecule has 0 atom stereocenters. The van der Waals surface area contributed by atoms with E-state index in [0.717, 1.165) is 16.8 Å². The molecule has 3 aromatic rings. The van der Waals surface area contributed by atoms with Crippen molar-refractivity contribution < 1.29 is 30.0 Å². The number of fused-ring (bicyclic) bond motifs is 1. The Morgan fingerprint density at radius 2 is 1.64 bits per heavy atom. The Kier molecular flexibility index (Phi) is 8.74. The molecule has 1 N–H and O–H groups in total. The zero-order valence-corrected chi connectivity index (χ0v) is 19.6. The van der Waals surface area contributed by atoms with Crippen LogP contribution in [0.2, 0.25) is 0 Å². The molecule has 0 amide bonds. The average Bonchev–Trinajstić information content (AvgIpc) is 2.58. The summed E-state index contributed by atoms with van der Waals surface area (Å²) >= 11 is 0. The molecule has 0 saturated carbocycles. The van der Waals surface area contributed by atoms with Crippen LogP contribution >= 0.6 is 0 Å². The molecule has 0 aliphatic carbocycles. The zero-order valence-electron chi connectivity index (χ0n) is 17.2. The number of aryl methyl sites for hydroxylation is 3. The van der Waals surface area contributed by atoms with Crippen LogP contribution in [0, 0.1) is 33.8 Å². The zero-order chi connectivity index (χ0) is 20.1. The number of hydrogen-bond donors (Lipinski definition) is 1. The molecule has 0 spiro atoms. The Labute approximate surface area is 180 Å². The van der Waals surface area contributed by atoms with E-state index in [1.54, 1.807) is 0 Å². The van der Waals surface area contributed by atoms with Crippen LogP contribution in [0.5, 0.6) is 0 Å². The fourth-order valence-electron chi connectivity index (χ4n) is 3.02. The van der Waals surface area contributed by atoms with Crippen LogP contribution in [0.1, 0.15) is 36.1 Å². The minimum Gasteiger partial charge on any atom is -0.512 e. The van der Waals surface area contributed by atoms with Gasteiger partial charge < -0.3 is 10.1 Å². The molecule has 0 fully saturated rings. The van der Waals surface area contributed by atoms with E-state index in [2.05, 4.69) is 69.1 Å². The van der Waals surface area contributed by atoms with Crippen LogP contribution in [0.3, 0.4) is 0 Å². The minimum absolute atomic E-state index is 0. The van der Waals surface area contributed by atoms with E-state index in [1.807, 2.05) is 6.20 Å². The summed E-state index contributed by atoms with van der Waals surface area (Å²) in [5, 5.41) is 10.8. The maximum Gasteiger partial charge on any atom is 0.155 e. The molecule has 3 rings (SSSR count). The van der Waals surface area contributed by atoms with E-state index in [-0.39, 0.29) is 31.6 Å². The molecule has 2 aromatic carbocycles. The van der Waals surface area contributed by atoms with Crippen molar-refractivity contribution in [2.45, 2.75) is 41.5 Å². The van der Waals surface area contributed by atoms with Crippen LogP contribution < -0.4 is 0 Å². The molecule has 28 heavy (non-hydrogen) atoms. The molecule has 149 valence electrons. The van der Waals surface area contributed by atoms with Crippen LogP contribution in [0.25, 0.3) is 22.0 Å². The van der Waals surface area contributed by atoms with Crippen molar-refractivity contribution in [1.82, 2.24) is 4.98 Å². The number of hydrogen-bond acceptors (Lipinski definition) is 3. The molecule has 1 radical (unpaired) electrons. The van der Waals surface area contributed by atoms with Crippen molar-refractivity contribution in [3.05, 3.63) is 76.7 Å². The molecular weight excluding hydrogens is 526 g/mol. The van der Waals surface area contributed by atoms with Gasteiger partial charge in [0.2, 0.25) is 0 Å². The largest absolute Gasteiger partial charge is 0.512 e. The van der Waals surface area contributed by atoms with Crippen molar-refractivity contribution in [1.29, 1.82) is 0 Å². The van der Waals surface area contributed by atoms with Crippen LogP contribution in [0.15, 0.2) is 48.4 Å². The van der Waals surface area contributed by atoms with Crippen LogP contribution in [-0.2, 0) is 24.9 Å². The number of ketones is 1. The van der Waals surface area contributed by atoms with Gasteiger partial charge in [-0.3, -0.25) is 4.79 Å². The number of carbonyl (C=O) groups is 1. The fraction of sp³-hybridized carbons (Fsp3) is 0.250. The Morgan fingerprint density at radius 1 is 1.04 bits per heavy atom. The third-order valence-electron chi connectivity index (χ3n) is 4.36. The number of carbonyl (C=O) groups excluding carboxylic acids is 1. The standard InChI is InChI=1S/C19H18N.C5H8O2.Ir/c1-12-9-13(2)15(4)18(10-12)19-17-8-6-5-7-16(17)14(3)11-20-19;1-4(6)3-5(2)7;/h5-9,11H,1-4H3;3,6H,1-2H3;/q-1;;/b;4-3-;. The topological polar surface area (TPSA) is 50.2 Å². The maximum absolute atomic E-state index is 10.0. The van der Waals surface area contributed by atoms with Gasteiger partial charge >= 0.3 is 0 Å². The van der Waals surface area contributed by atoms with Crippen molar-refractivity contribution in [2.75, 3.05) is 0 Å². The van der Waals surface area contributed by atoms with Gasteiger partial charge in [-0.15, -0.1) is 34.4 Å². The van der Waals surface area contributed by atoms with Crippen molar-refractivity contribution >= 4 is 16.6 Å². The van der Waals surface area contributed by atoms with Gasteiger partial charge in [0.15, 0.2) is 5.78 Å². The first-order valence-electron chi connectivity index (χ1n) is 8.93. The molecule has 0 unspecified atom stereocenters. The minimum atomic E-state index is -0.125. The predicted molar refractivity (Wildman–Crippen MR) is 112 cm³/mol. The number of aliphatic hydroxyl groups is 1. The van der Waals surface area contributed by atoms with Crippen molar-refractivity contribution in [3.63, 3.8) is 0 Å².